The summed E-state index contributed by atoms with van der Waals surface area (Å²) in [5.41, 5.74) is 7.39. The lowest BCUT2D eigenvalue weighted by molar-refractivity contribution is 0.424. The van der Waals surface area contributed by atoms with Crippen LogP contribution < -0.4 is 16.4 Å². The van der Waals surface area contributed by atoms with Crippen LogP contribution in [0.3, 0.4) is 0 Å². The maximum Gasteiger partial charge on any atom is 0.202 e. The predicted octanol–water partition coefficient (Wildman–Crippen LogP) is 4.86. The van der Waals surface area contributed by atoms with E-state index in [2.05, 4.69) is 46.2 Å². The fourth-order valence-electron chi connectivity index (χ4n) is 3.22. The maximum absolute atomic E-state index is 5.85. The average molecular weight is 500 g/mol. The van der Waals surface area contributed by atoms with Gasteiger partial charge in [0.05, 0.1) is 11.5 Å². The van der Waals surface area contributed by atoms with Crippen molar-refractivity contribution >= 4 is 51.0 Å². The number of amidine groups is 1. The van der Waals surface area contributed by atoms with Crippen molar-refractivity contribution < 1.29 is 2.85 Å². The monoisotopic (exact) mass is 499 g/mol. The topological polar surface area (TPSA) is 90.4 Å². The van der Waals surface area contributed by atoms with E-state index in [0.717, 1.165) is 57.5 Å². The molecule has 0 radical (unpaired) electrons. The predicted molar refractivity (Wildman–Crippen MR) is 155 cm³/mol. The Morgan fingerprint density at radius 1 is 1.21 bits per heavy atom. The van der Waals surface area contributed by atoms with E-state index in [0.29, 0.717) is 6.42 Å². The minimum absolute atomic E-state index is 0. The van der Waals surface area contributed by atoms with Crippen LogP contribution in [0, 0.1) is 0 Å². The molecule has 0 amide bonds. The Bertz CT molecular complexity index is 1040. The highest BCUT2D eigenvalue weighted by Crippen LogP contribution is 2.30. The highest BCUT2D eigenvalue weighted by molar-refractivity contribution is 8.21. The van der Waals surface area contributed by atoms with Gasteiger partial charge in [0.2, 0.25) is 5.96 Å². The number of hydrogen-bond donors (Lipinski definition) is 3. The summed E-state index contributed by atoms with van der Waals surface area (Å²) in [7, 11) is 3.77. The standard InChI is InChI=1S/C25H33N7S2.2H2/c1-5-32(16-15-27-3)24-29-22(30-25(31-24)34-21-13-11-20(26)12-14-21)17-23(28-4)33-18(2)19-9-7-6-8-10-19;;/h6-14,25,27H,2,5,15-17,26H2,1,3-4H3,(H,29,30,31);2*1H. The molecule has 1 atom stereocenters. The normalized spacial score (nSPS) is 15.9. The van der Waals surface area contributed by atoms with Crippen molar-refractivity contribution in [3.63, 3.8) is 0 Å². The number of nitrogen functional groups attached to an aromatic ring is 1. The first-order valence-corrected chi connectivity index (χ1v) is 12.9. The van der Waals surface area contributed by atoms with Gasteiger partial charge in [-0.25, -0.2) is 9.98 Å². The zero-order chi connectivity index (χ0) is 24.3. The van der Waals surface area contributed by atoms with Crippen LogP contribution in [0.5, 0.6) is 0 Å². The lowest BCUT2D eigenvalue weighted by Crippen LogP contribution is -2.49. The number of aliphatic imine (C=N–C) groups is 3. The molecule has 184 valence electrons. The second-order valence-electron chi connectivity index (χ2n) is 7.54. The molecule has 0 fully saturated rings. The van der Waals surface area contributed by atoms with Crippen molar-refractivity contribution in [2.45, 2.75) is 23.7 Å². The zero-order valence-electron chi connectivity index (χ0n) is 20.0. The van der Waals surface area contributed by atoms with Crippen LogP contribution >= 0.6 is 23.5 Å². The summed E-state index contributed by atoms with van der Waals surface area (Å²) >= 11 is 3.18. The second kappa shape index (κ2) is 13.2. The number of nitrogens with one attached hydrogen (secondary N) is 2. The Balaban J connectivity index is 0.00000324. The van der Waals surface area contributed by atoms with Gasteiger partial charge in [0, 0.05) is 45.0 Å². The van der Waals surface area contributed by atoms with Gasteiger partial charge in [-0.15, -0.1) is 0 Å². The number of anilines is 1. The number of thioether (sulfide) groups is 2. The van der Waals surface area contributed by atoms with Gasteiger partial charge in [-0.1, -0.05) is 60.4 Å². The average Bonchev–Trinajstić information content (AvgIpc) is 2.86. The van der Waals surface area contributed by atoms with Gasteiger partial charge < -0.3 is 21.3 Å². The molecule has 1 unspecified atom stereocenters. The zero-order valence-corrected chi connectivity index (χ0v) is 21.6. The van der Waals surface area contributed by atoms with Gasteiger partial charge in [0.15, 0.2) is 5.50 Å². The van der Waals surface area contributed by atoms with Crippen LogP contribution in [-0.2, 0) is 0 Å². The Morgan fingerprint density at radius 2 is 1.94 bits per heavy atom. The van der Waals surface area contributed by atoms with Crippen LogP contribution in [0.15, 0.2) is 81.0 Å². The molecule has 4 N–H and O–H groups in total. The highest BCUT2D eigenvalue weighted by Gasteiger charge is 2.22. The Labute approximate surface area is 214 Å². The smallest absolute Gasteiger partial charge is 0.202 e. The molecule has 9 heteroatoms. The summed E-state index contributed by atoms with van der Waals surface area (Å²) in [6.07, 6.45) is 0.578. The van der Waals surface area contributed by atoms with Gasteiger partial charge in [-0.2, -0.15) is 0 Å². The lowest BCUT2D eigenvalue weighted by Gasteiger charge is -2.30. The van der Waals surface area contributed by atoms with Crippen LogP contribution in [0.1, 0.15) is 21.8 Å². The molecule has 7 nitrogen and oxygen atoms in total. The van der Waals surface area contributed by atoms with E-state index in [1.54, 1.807) is 23.5 Å². The van der Waals surface area contributed by atoms with E-state index in [4.69, 9.17) is 15.7 Å². The number of likely N-dealkylation sites (N-methyl/N-ethyl adjacent to an activating group) is 2. The molecule has 0 aromatic heterocycles. The molecule has 0 saturated carbocycles. The highest BCUT2D eigenvalue weighted by atomic mass is 32.2. The van der Waals surface area contributed by atoms with Gasteiger partial charge in [-0.3, -0.25) is 4.99 Å². The second-order valence-corrected chi connectivity index (χ2v) is 9.83. The van der Waals surface area contributed by atoms with Gasteiger partial charge >= 0.3 is 0 Å². The first-order chi connectivity index (χ1) is 16.5. The summed E-state index contributed by atoms with van der Waals surface area (Å²) in [4.78, 5) is 18.6. The number of benzene rings is 2. The quantitative estimate of drug-likeness (QED) is 0.246. The van der Waals surface area contributed by atoms with Gasteiger partial charge in [0.25, 0.3) is 0 Å². The van der Waals surface area contributed by atoms with Crippen LogP contribution in [0.2, 0.25) is 0 Å². The van der Waals surface area contributed by atoms with E-state index in [1.807, 2.05) is 56.6 Å². The first-order valence-electron chi connectivity index (χ1n) is 11.2. The molecule has 1 aliphatic rings. The molecule has 0 aliphatic carbocycles. The van der Waals surface area contributed by atoms with Crippen molar-refractivity contribution in [3.05, 3.63) is 66.7 Å². The minimum atomic E-state index is -0.293. The van der Waals surface area contributed by atoms with Crippen molar-refractivity contribution in [1.29, 1.82) is 0 Å². The first kappa shape index (κ1) is 25.9. The summed E-state index contributed by atoms with van der Waals surface area (Å²) in [5, 5.41) is 7.61. The SMILES string of the molecule is C=C(SC(CC1=NC(Sc2ccc(N)cc2)N=C(N(CC)CCNC)N1)=NC)c1ccccc1.[HH].[HH]. The molecule has 3 rings (SSSR count). The van der Waals surface area contributed by atoms with Gasteiger partial charge in [-0.05, 0) is 43.8 Å². The maximum atomic E-state index is 5.85. The molecule has 2 aromatic carbocycles. The lowest BCUT2D eigenvalue weighted by atomic mass is 10.2. The molecule has 2 aromatic rings. The Hall–Kier alpha value is -2.75. The van der Waals surface area contributed by atoms with Crippen molar-refractivity contribution in [2.24, 2.45) is 15.0 Å². The molecular weight excluding hydrogens is 462 g/mol. The number of guanidine groups is 1. The number of nitrogens with zero attached hydrogens (tertiary/aromatic N) is 4. The molecule has 0 bridgehead atoms. The van der Waals surface area contributed by atoms with Crippen molar-refractivity contribution in [2.75, 3.05) is 39.5 Å². The van der Waals surface area contributed by atoms with Gasteiger partial charge in [0.1, 0.15) is 5.84 Å². The number of hydrogen-bond acceptors (Lipinski definition) is 9. The fourth-order valence-corrected chi connectivity index (χ4v) is 4.93. The molecule has 1 heterocycles. The molecule has 1 aliphatic heterocycles. The third-order valence-electron chi connectivity index (χ3n) is 5.09. The summed E-state index contributed by atoms with van der Waals surface area (Å²) in [6.45, 7) is 8.93. The molecule has 0 spiro atoms. The van der Waals surface area contributed by atoms with E-state index in [9.17, 15) is 0 Å². The summed E-state index contributed by atoms with van der Waals surface area (Å²) in [6, 6.07) is 18.0. The Morgan fingerprint density at radius 3 is 2.59 bits per heavy atom. The third-order valence-corrected chi connectivity index (χ3v) is 7.11. The molecule has 34 heavy (non-hydrogen) atoms. The van der Waals surface area contributed by atoms with Crippen LogP contribution in [0.4, 0.5) is 5.69 Å². The molecule has 0 saturated heterocycles. The summed E-state index contributed by atoms with van der Waals surface area (Å²) < 4.78 is 0. The fraction of sp³-hybridized carbons (Fsp3) is 0.320. The van der Waals surface area contributed by atoms with Crippen molar-refractivity contribution in [1.82, 2.24) is 15.5 Å². The molecular formula is C25H37N7S2. The minimum Gasteiger partial charge on any atom is -0.399 e. The third kappa shape index (κ3) is 7.65. The van der Waals surface area contributed by atoms with E-state index in [1.165, 1.54) is 0 Å². The van der Waals surface area contributed by atoms with E-state index < -0.39 is 0 Å². The largest absolute Gasteiger partial charge is 0.399 e. The number of nitrogens with two attached hydrogens (primary N) is 1. The van der Waals surface area contributed by atoms with E-state index >= 15 is 0 Å². The van der Waals surface area contributed by atoms with Crippen LogP contribution in [0.25, 0.3) is 4.91 Å². The Kier molecular flexibility index (Phi) is 10.1. The van der Waals surface area contributed by atoms with E-state index in [-0.39, 0.29) is 8.35 Å². The number of rotatable bonds is 10. The van der Waals surface area contributed by atoms with Crippen LogP contribution in [-0.4, -0.2) is 61.0 Å². The van der Waals surface area contributed by atoms with Crippen molar-refractivity contribution in [3.8, 4) is 0 Å². The summed E-state index contributed by atoms with van der Waals surface area (Å²) in [5.74, 6) is 1.67.